The summed E-state index contributed by atoms with van der Waals surface area (Å²) in [4.78, 5) is 12.9. The smallest absolute Gasteiger partial charge is 0.232 e. The van der Waals surface area contributed by atoms with Gasteiger partial charge < -0.3 is 9.52 Å². The molecular weight excluding hydrogens is 402 g/mol. The van der Waals surface area contributed by atoms with E-state index in [2.05, 4.69) is 16.6 Å². The van der Waals surface area contributed by atoms with E-state index >= 15 is 0 Å². The SMILES string of the molecule is O=c1c(-c2ccc(CNS(=O)O)cc2)coc2cc(C#CC3(O)CCCC3)ccc12. The van der Waals surface area contributed by atoms with Crippen LogP contribution in [0.2, 0.25) is 0 Å². The number of nitrogens with one attached hydrogen (secondary N) is 1. The first-order valence-corrected chi connectivity index (χ1v) is 10.8. The average Bonchev–Trinajstić information content (AvgIpc) is 3.18. The summed E-state index contributed by atoms with van der Waals surface area (Å²) >= 11 is -2.07. The molecule has 7 heteroatoms. The van der Waals surface area contributed by atoms with Gasteiger partial charge in [0.1, 0.15) is 17.4 Å². The Bertz CT molecular complexity index is 1210. The van der Waals surface area contributed by atoms with Gasteiger partial charge in [0.15, 0.2) is 5.43 Å². The predicted molar refractivity (Wildman–Crippen MR) is 116 cm³/mol. The lowest BCUT2D eigenvalue weighted by Gasteiger charge is -2.12. The highest BCUT2D eigenvalue weighted by Crippen LogP contribution is 2.28. The van der Waals surface area contributed by atoms with E-state index in [9.17, 15) is 14.1 Å². The van der Waals surface area contributed by atoms with E-state index < -0.39 is 16.9 Å². The van der Waals surface area contributed by atoms with Gasteiger partial charge >= 0.3 is 0 Å². The summed E-state index contributed by atoms with van der Waals surface area (Å²) in [5.41, 5.74) is 2.04. The highest BCUT2D eigenvalue weighted by Gasteiger charge is 2.28. The molecule has 30 heavy (non-hydrogen) atoms. The minimum atomic E-state index is -2.07. The van der Waals surface area contributed by atoms with Gasteiger partial charge in [0.25, 0.3) is 0 Å². The van der Waals surface area contributed by atoms with Gasteiger partial charge in [-0.15, -0.1) is 0 Å². The normalized spacial score (nSPS) is 16.2. The second-order valence-electron chi connectivity index (χ2n) is 7.45. The Morgan fingerprint density at radius 2 is 1.87 bits per heavy atom. The van der Waals surface area contributed by atoms with Crippen molar-refractivity contribution in [3.05, 3.63) is 70.1 Å². The van der Waals surface area contributed by atoms with Crippen LogP contribution in [-0.2, 0) is 17.8 Å². The molecule has 2 aromatic carbocycles. The molecule has 0 aliphatic heterocycles. The molecule has 4 rings (SSSR count). The van der Waals surface area contributed by atoms with Gasteiger partial charge in [-0.1, -0.05) is 36.1 Å². The first-order chi connectivity index (χ1) is 14.4. The Balaban J connectivity index is 1.61. The number of rotatable bonds is 4. The van der Waals surface area contributed by atoms with Crippen molar-refractivity contribution in [3.8, 4) is 23.0 Å². The van der Waals surface area contributed by atoms with Gasteiger partial charge in [0, 0.05) is 12.1 Å². The second kappa shape index (κ2) is 8.54. The molecule has 0 spiro atoms. The van der Waals surface area contributed by atoms with Crippen LogP contribution < -0.4 is 10.2 Å². The lowest BCUT2D eigenvalue weighted by atomic mass is 10.0. The summed E-state index contributed by atoms with van der Waals surface area (Å²) in [7, 11) is 0. The third-order valence-corrected chi connectivity index (χ3v) is 5.70. The molecule has 6 nitrogen and oxygen atoms in total. The molecule has 0 saturated heterocycles. The van der Waals surface area contributed by atoms with Crippen molar-refractivity contribution in [1.82, 2.24) is 4.72 Å². The molecule has 1 aliphatic carbocycles. The summed E-state index contributed by atoms with van der Waals surface area (Å²) in [5, 5.41) is 10.8. The lowest BCUT2D eigenvalue weighted by Crippen LogP contribution is -2.20. The maximum atomic E-state index is 12.9. The Hall–Kier alpha value is -2.76. The number of fused-ring (bicyclic) bond motifs is 1. The molecule has 1 saturated carbocycles. The molecule has 0 bridgehead atoms. The van der Waals surface area contributed by atoms with Crippen LogP contribution in [0, 0.1) is 11.8 Å². The van der Waals surface area contributed by atoms with Crippen LogP contribution in [-0.4, -0.2) is 19.5 Å². The van der Waals surface area contributed by atoms with Gasteiger partial charge in [-0.3, -0.25) is 9.35 Å². The average molecular weight is 423 g/mol. The quantitative estimate of drug-likeness (QED) is 0.441. The molecule has 0 radical (unpaired) electrons. The maximum absolute atomic E-state index is 12.9. The predicted octanol–water partition coefficient (Wildman–Crippen LogP) is 3.34. The molecule has 1 aromatic heterocycles. The van der Waals surface area contributed by atoms with Crippen LogP contribution in [0.15, 0.2) is 57.9 Å². The van der Waals surface area contributed by atoms with Gasteiger partial charge in [0.05, 0.1) is 10.9 Å². The number of hydrogen-bond acceptors (Lipinski definition) is 4. The zero-order valence-electron chi connectivity index (χ0n) is 16.2. The Morgan fingerprint density at radius 1 is 1.13 bits per heavy atom. The van der Waals surface area contributed by atoms with Gasteiger partial charge in [-0.05, 0) is 55.0 Å². The fraction of sp³-hybridized carbons (Fsp3) is 0.261. The van der Waals surface area contributed by atoms with E-state index in [4.69, 9.17) is 8.97 Å². The number of benzene rings is 2. The highest BCUT2D eigenvalue weighted by molar-refractivity contribution is 7.77. The first-order valence-electron chi connectivity index (χ1n) is 9.68. The van der Waals surface area contributed by atoms with Crippen LogP contribution in [0.3, 0.4) is 0 Å². The molecule has 1 heterocycles. The second-order valence-corrected chi connectivity index (χ2v) is 8.23. The van der Waals surface area contributed by atoms with E-state index in [0.29, 0.717) is 40.5 Å². The van der Waals surface area contributed by atoms with Crippen molar-refractivity contribution in [3.63, 3.8) is 0 Å². The van der Waals surface area contributed by atoms with Crippen LogP contribution in [0.4, 0.5) is 0 Å². The minimum absolute atomic E-state index is 0.146. The van der Waals surface area contributed by atoms with Gasteiger partial charge in [0.2, 0.25) is 11.3 Å². The minimum Gasteiger partial charge on any atom is -0.463 e. The van der Waals surface area contributed by atoms with Crippen molar-refractivity contribution in [2.75, 3.05) is 0 Å². The summed E-state index contributed by atoms with van der Waals surface area (Å²) in [5.74, 6) is 5.96. The van der Waals surface area contributed by atoms with Crippen molar-refractivity contribution in [2.45, 2.75) is 37.8 Å². The number of aliphatic hydroxyl groups is 1. The van der Waals surface area contributed by atoms with E-state index in [0.717, 1.165) is 18.4 Å². The Morgan fingerprint density at radius 3 is 2.57 bits per heavy atom. The van der Waals surface area contributed by atoms with Gasteiger partial charge in [-0.25, -0.2) is 8.93 Å². The summed E-state index contributed by atoms with van der Waals surface area (Å²) < 4.78 is 27.6. The van der Waals surface area contributed by atoms with Crippen LogP contribution >= 0.6 is 0 Å². The lowest BCUT2D eigenvalue weighted by molar-refractivity contribution is 0.110. The molecule has 1 fully saturated rings. The highest BCUT2D eigenvalue weighted by atomic mass is 32.2. The monoisotopic (exact) mass is 423 g/mol. The molecule has 154 valence electrons. The first kappa shape index (κ1) is 20.5. The van der Waals surface area contributed by atoms with Gasteiger partial charge in [-0.2, -0.15) is 0 Å². The van der Waals surface area contributed by atoms with E-state index in [1.807, 2.05) is 0 Å². The molecule has 3 aromatic rings. The molecule has 0 amide bonds. The van der Waals surface area contributed by atoms with Crippen LogP contribution in [0.1, 0.15) is 36.8 Å². The summed E-state index contributed by atoms with van der Waals surface area (Å²) in [6, 6.07) is 12.3. The van der Waals surface area contributed by atoms with Crippen molar-refractivity contribution in [2.24, 2.45) is 0 Å². The largest absolute Gasteiger partial charge is 0.463 e. The third-order valence-electron chi connectivity index (χ3n) is 5.31. The van der Waals surface area contributed by atoms with Crippen LogP contribution in [0.25, 0.3) is 22.1 Å². The topological polar surface area (TPSA) is 99.8 Å². The Kier molecular flexibility index (Phi) is 5.84. The van der Waals surface area contributed by atoms with Crippen molar-refractivity contribution in [1.29, 1.82) is 0 Å². The van der Waals surface area contributed by atoms with E-state index in [1.165, 1.54) is 6.26 Å². The molecule has 1 atom stereocenters. The standard InChI is InChI=1S/C23H21NO5S/c25-22-19-8-5-16(9-12-23(26)10-1-2-11-23)13-21(19)29-15-20(22)18-6-3-17(4-7-18)14-24-30(27)28/h3-8,13,15,24,26H,1-2,10-11,14H2,(H,27,28). The fourth-order valence-electron chi connectivity index (χ4n) is 3.63. The molecular formula is C23H21NO5S. The van der Waals surface area contributed by atoms with E-state index in [1.54, 1.807) is 42.5 Å². The van der Waals surface area contributed by atoms with Crippen molar-refractivity contribution >= 4 is 22.2 Å². The van der Waals surface area contributed by atoms with Crippen molar-refractivity contribution < 1.29 is 18.3 Å². The summed E-state index contributed by atoms with van der Waals surface area (Å²) in [6.07, 6.45) is 4.79. The van der Waals surface area contributed by atoms with Crippen LogP contribution in [0.5, 0.6) is 0 Å². The maximum Gasteiger partial charge on any atom is 0.232 e. The zero-order valence-corrected chi connectivity index (χ0v) is 17.0. The fourth-order valence-corrected chi connectivity index (χ4v) is 3.92. The third kappa shape index (κ3) is 4.53. The summed E-state index contributed by atoms with van der Waals surface area (Å²) in [6.45, 7) is 0.245. The molecule has 3 N–H and O–H groups in total. The Labute approximate surface area is 176 Å². The van der Waals surface area contributed by atoms with E-state index in [-0.39, 0.29) is 12.0 Å². The molecule has 1 unspecified atom stereocenters. The molecule has 1 aliphatic rings. The zero-order chi connectivity index (χ0) is 21.1. The number of hydrogen-bond donors (Lipinski definition) is 3.